The van der Waals surface area contributed by atoms with Crippen molar-refractivity contribution in [3.05, 3.63) is 101 Å². The summed E-state index contributed by atoms with van der Waals surface area (Å²) in [5.74, 6) is -0.479. The van der Waals surface area contributed by atoms with Gasteiger partial charge >= 0.3 is 0 Å². The van der Waals surface area contributed by atoms with Gasteiger partial charge in [0.2, 0.25) is 0 Å². The molecule has 0 bridgehead atoms. The normalized spacial score (nSPS) is 14.9. The number of benzene rings is 3. The van der Waals surface area contributed by atoms with Crippen molar-refractivity contribution in [2.45, 2.75) is 19.5 Å². The highest BCUT2D eigenvalue weighted by molar-refractivity contribution is 6.09. The maximum atomic E-state index is 12.9. The van der Waals surface area contributed by atoms with E-state index in [1.165, 1.54) is 0 Å². The second-order valence-corrected chi connectivity index (χ2v) is 8.19. The molecule has 0 radical (unpaired) electrons. The fourth-order valence-corrected chi connectivity index (χ4v) is 3.86. The van der Waals surface area contributed by atoms with Crippen molar-refractivity contribution in [3.63, 3.8) is 0 Å². The van der Waals surface area contributed by atoms with Gasteiger partial charge in [0, 0.05) is 25.2 Å². The number of anilines is 1. The fourth-order valence-electron chi connectivity index (χ4n) is 3.86. The zero-order valence-corrected chi connectivity index (χ0v) is 18.8. The summed E-state index contributed by atoms with van der Waals surface area (Å²) in [5.41, 5.74) is 3.64. The van der Waals surface area contributed by atoms with Crippen molar-refractivity contribution in [3.8, 4) is 0 Å². The summed E-state index contributed by atoms with van der Waals surface area (Å²) in [6, 6.07) is 24.3. The predicted molar refractivity (Wildman–Crippen MR) is 129 cm³/mol. The molecule has 3 aromatic carbocycles. The number of nitrogens with one attached hydrogen (secondary N) is 2. The molecular formula is C27H29N3O3. The molecule has 6 heteroatoms. The van der Waals surface area contributed by atoms with Crippen molar-refractivity contribution >= 4 is 17.5 Å². The molecule has 3 aromatic rings. The Hall–Kier alpha value is -3.48. The molecule has 2 amide bonds. The van der Waals surface area contributed by atoms with Crippen LogP contribution in [0.3, 0.4) is 0 Å². The highest BCUT2D eigenvalue weighted by Gasteiger charge is 2.17. The first kappa shape index (κ1) is 22.7. The molecule has 1 aliphatic heterocycles. The van der Waals surface area contributed by atoms with E-state index in [-0.39, 0.29) is 17.9 Å². The second-order valence-electron chi connectivity index (χ2n) is 8.19. The highest BCUT2D eigenvalue weighted by atomic mass is 16.5. The minimum Gasteiger partial charge on any atom is -0.379 e. The van der Waals surface area contributed by atoms with E-state index in [1.54, 1.807) is 24.3 Å². The van der Waals surface area contributed by atoms with Gasteiger partial charge in [-0.2, -0.15) is 0 Å². The van der Waals surface area contributed by atoms with E-state index in [1.807, 2.05) is 61.5 Å². The van der Waals surface area contributed by atoms with Crippen LogP contribution in [0.2, 0.25) is 0 Å². The number of carbonyl (C=O) groups excluding carboxylic acids is 2. The minimum atomic E-state index is -0.246. The van der Waals surface area contributed by atoms with Crippen molar-refractivity contribution in [1.29, 1.82) is 0 Å². The summed E-state index contributed by atoms with van der Waals surface area (Å²) in [6.45, 7) is 6.14. The topological polar surface area (TPSA) is 70.7 Å². The molecule has 1 heterocycles. The number of para-hydroxylation sites is 1. The number of hydrogen-bond donors (Lipinski definition) is 2. The van der Waals surface area contributed by atoms with Gasteiger partial charge in [-0.15, -0.1) is 0 Å². The minimum absolute atomic E-state index is 0.151. The number of amides is 2. The molecule has 1 saturated heterocycles. The molecule has 1 atom stereocenters. The fraction of sp³-hybridized carbons (Fsp3) is 0.259. The van der Waals surface area contributed by atoms with Gasteiger partial charge in [0.05, 0.1) is 30.5 Å². The van der Waals surface area contributed by atoms with Gasteiger partial charge in [0.1, 0.15) is 0 Å². The number of hydrogen-bond acceptors (Lipinski definition) is 4. The zero-order chi connectivity index (χ0) is 23.0. The van der Waals surface area contributed by atoms with E-state index in [0.29, 0.717) is 16.8 Å². The molecule has 1 fully saturated rings. The molecule has 0 spiro atoms. The third-order valence-corrected chi connectivity index (χ3v) is 5.79. The Balaban J connectivity index is 1.40. The number of carbonyl (C=O) groups is 2. The molecule has 170 valence electrons. The summed E-state index contributed by atoms with van der Waals surface area (Å²) in [4.78, 5) is 28.1. The van der Waals surface area contributed by atoms with Crippen LogP contribution >= 0.6 is 0 Å². The maximum absolute atomic E-state index is 12.9. The number of ether oxygens (including phenoxy) is 1. The van der Waals surface area contributed by atoms with Crippen molar-refractivity contribution < 1.29 is 14.3 Å². The lowest BCUT2D eigenvalue weighted by atomic mass is 10.1. The molecule has 6 nitrogen and oxygen atoms in total. The van der Waals surface area contributed by atoms with Gasteiger partial charge in [-0.3, -0.25) is 14.5 Å². The summed E-state index contributed by atoms with van der Waals surface area (Å²) < 4.78 is 5.39. The summed E-state index contributed by atoms with van der Waals surface area (Å²) in [6.07, 6.45) is 0. The van der Waals surface area contributed by atoms with Crippen LogP contribution in [-0.4, -0.2) is 43.0 Å². The predicted octanol–water partition coefficient (Wildman–Crippen LogP) is 4.26. The van der Waals surface area contributed by atoms with Gasteiger partial charge in [-0.05, 0) is 42.3 Å². The Morgan fingerprint density at radius 2 is 1.55 bits per heavy atom. The van der Waals surface area contributed by atoms with Gasteiger partial charge in [-0.1, -0.05) is 54.6 Å². The van der Waals surface area contributed by atoms with E-state index in [4.69, 9.17) is 4.74 Å². The summed E-state index contributed by atoms with van der Waals surface area (Å²) in [7, 11) is 0. The van der Waals surface area contributed by atoms with Crippen molar-refractivity contribution in [2.75, 3.05) is 31.6 Å². The average Bonchev–Trinajstić information content (AvgIpc) is 2.86. The first-order valence-electron chi connectivity index (χ1n) is 11.3. The first-order chi connectivity index (χ1) is 16.1. The lowest BCUT2D eigenvalue weighted by Crippen LogP contribution is -2.35. The van der Waals surface area contributed by atoms with Gasteiger partial charge in [0.25, 0.3) is 11.8 Å². The largest absolute Gasteiger partial charge is 0.379 e. The zero-order valence-electron chi connectivity index (χ0n) is 18.8. The number of rotatable bonds is 7. The van der Waals surface area contributed by atoms with Crippen LogP contribution < -0.4 is 10.6 Å². The smallest absolute Gasteiger partial charge is 0.255 e. The monoisotopic (exact) mass is 443 g/mol. The molecule has 4 rings (SSSR count). The van der Waals surface area contributed by atoms with E-state index < -0.39 is 0 Å². The van der Waals surface area contributed by atoms with Crippen LogP contribution in [0.4, 0.5) is 5.69 Å². The van der Waals surface area contributed by atoms with Gasteiger partial charge in [0.15, 0.2) is 0 Å². The van der Waals surface area contributed by atoms with Crippen LogP contribution in [0.25, 0.3) is 0 Å². The van der Waals surface area contributed by atoms with Crippen LogP contribution in [-0.2, 0) is 11.3 Å². The Morgan fingerprint density at radius 3 is 2.27 bits per heavy atom. The molecule has 0 unspecified atom stereocenters. The van der Waals surface area contributed by atoms with Crippen molar-refractivity contribution in [2.24, 2.45) is 0 Å². The Morgan fingerprint density at radius 1 is 0.879 bits per heavy atom. The molecule has 33 heavy (non-hydrogen) atoms. The van der Waals surface area contributed by atoms with Crippen LogP contribution in [0.5, 0.6) is 0 Å². The molecule has 0 aromatic heterocycles. The van der Waals surface area contributed by atoms with Crippen LogP contribution in [0, 0.1) is 0 Å². The molecule has 0 saturated carbocycles. The summed E-state index contributed by atoms with van der Waals surface area (Å²) in [5, 5.41) is 5.90. The third kappa shape index (κ3) is 6.06. The van der Waals surface area contributed by atoms with E-state index in [2.05, 4.69) is 15.5 Å². The Bertz CT molecular complexity index is 1080. The lowest BCUT2D eigenvalue weighted by Gasteiger charge is -2.26. The SMILES string of the molecule is C[C@@H](NC(=O)c1ccccc1NC(=O)c1ccc(CN2CCOCC2)cc1)c1ccccc1. The Kier molecular flexibility index (Phi) is 7.50. The van der Waals surface area contributed by atoms with Crippen molar-refractivity contribution in [1.82, 2.24) is 10.2 Å². The van der Waals surface area contributed by atoms with E-state index in [9.17, 15) is 9.59 Å². The molecule has 0 aliphatic carbocycles. The second kappa shape index (κ2) is 10.9. The van der Waals surface area contributed by atoms with Crippen LogP contribution in [0.1, 0.15) is 44.8 Å². The molecule has 2 N–H and O–H groups in total. The average molecular weight is 444 g/mol. The highest BCUT2D eigenvalue weighted by Crippen LogP contribution is 2.19. The lowest BCUT2D eigenvalue weighted by molar-refractivity contribution is 0.0342. The van der Waals surface area contributed by atoms with Crippen LogP contribution in [0.15, 0.2) is 78.9 Å². The third-order valence-electron chi connectivity index (χ3n) is 5.79. The van der Waals surface area contributed by atoms with E-state index >= 15 is 0 Å². The van der Waals surface area contributed by atoms with Gasteiger partial charge in [-0.25, -0.2) is 0 Å². The first-order valence-corrected chi connectivity index (χ1v) is 11.3. The Labute approximate surface area is 194 Å². The maximum Gasteiger partial charge on any atom is 0.255 e. The molecular weight excluding hydrogens is 414 g/mol. The summed E-state index contributed by atoms with van der Waals surface area (Å²) >= 11 is 0. The number of nitrogens with zero attached hydrogens (tertiary/aromatic N) is 1. The van der Waals surface area contributed by atoms with Gasteiger partial charge < -0.3 is 15.4 Å². The van der Waals surface area contributed by atoms with E-state index in [0.717, 1.165) is 44.0 Å². The quantitative estimate of drug-likeness (QED) is 0.572. The molecule has 1 aliphatic rings. The standard InChI is InChI=1S/C27H29N3O3/c1-20(22-7-3-2-4-8-22)28-27(32)24-9-5-6-10-25(24)29-26(31)23-13-11-21(12-14-23)19-30-15-17-33-18-16-30/h2-14,20H,15-19H2,1H3,(H,28,32)(H,29,31)/t20-/m1/s1. The number of morpholine rings is 1.